The van der Waals surface area contributed by atoms with Gasteiger partial charge in [0.15, 0.2) is 0 Å². The molecule has 1 aliphatic heterocycles. The van der Waals surface area contributed by atoms with Crippen molar-refractivity contribution in [3.8, 4) is 33.3 Å². The molecule has 0 saturated carbocycles. The molecular weight excluding hydrogens is 459 g/mol. The van der Waals surface area contributed by atoms with E-state index in [4.69, 9.17) is 14.0 Å². The van der Waals surface area contributed by atoms with Crippen LogP contribution in [0.25, 0.3) is 33.3 Å². The van der Waals surface area contributed by atoms with Crippen LogP contribution in [0.4, 0.5) is 13.2 Å². The number of halogens is 3. The lowest BCUT2D eigenvalue weighted by molar-refractivity contribution is -0.147. The van der Waals surface area contributed by atoms with Crippen molar-refractivity contribution >= 4 is 17.3 Å². The number of aromatic nitrogens is 2. The van der Waals surface area contributed by atoms with E-state index in [1.165, 1.54) is 12.3 Å². The van der Waals surface area contributed by atoms with Crippen LogP contribution in [-0.4, -0.2) is 39.2 Å². The van der Waals surface area contributed by atoms with E-state index < -0.39 is 17.0 Å². The van der Waals surface area contributed by atoms with Crippen LogP contribution in [0.2, 0.25) is 0 Å². The van der Waals surface area contributed by atoms with Gasteiger partial charge in [-0.05, 0) is 17.7 Å². The molecular formula is C22H16F3N3O4S. The summed E-state index contributed by atoms with van der Waals surface area (Å²) < 4.78 is 51.7. The van der Waals surface area contributed by atoms with E-state index in [1.54, 1.807) is 36.4 Å². The third-order valence-corrected chi connectivity index (χ3v) is 6.48. The molecule has 4 heterocycles. The molecule has 3 aromatic heterocycles. The summed E-state index contributed by atoms with van der Waals surface area (Å²) in [5.41, 5.74) is 1.02. The van der Waals surface area contributed by atoms with E-state index in [0.29, 0.717) is 47.9 Å². The molecule has 0 spiro atoms. The maximum atomic E-state index is 13.6. The third kappa shape index (κ3) is 4.29. The average molecular weight is 475 g/mol. The van der Waals surface area contributed by atoms with Gasteiger partial charge in [0, 0.05) is 18.7 Å². The van der Waals surface area contributed by atoms with Crippen LogP contribution in [0.3, 0.4) is 0 Å². The zero-order valence-corrected chi connectivity index (χ0v) is 17.7. The predicted molar refractivity (Wildman–Crippen MR) is 112 cm³/mol. The highest BCUT2D eigenvalue weighted by Crippen LogP contribution is 2.45. The summed E-state index contributed by atoms with van der Waals surface area (Å²) in [6, 6.07) is 11.4. The lowest BCUT2D eigenvalue weighted by Crippen LogP contribution is -2.49. The molecule has 0 amide bonds. The van der Waals surface area contributed by atoms with E-state index in [2.05, 4.69) is 10.1 Å². The van der Waals surface area contributed by atoms with Crippen molar-refractivity contribution in [2.24, 2.45) is 5.92 Å². The first-order chi connectivity index (χ1) is 15.8. The van der Waals surface area contributed by atoms with Crippen molar-refractivity contribution in [2.75, 3.05) is 13.1 Å². The maximum Gasteiger partial charge on any atom is 0.426 e. The number of carboxylic acid groups (broad SMARTS) is 1. The van der Waals surface area contributed by atoms with Gasteiger partial charge in [0.25, 0.3) is 5.89 Å². The summed E-state index contributed by atoms with van der Waals surface area (Å²) in [6.07, 6.45) is -3.09. The van der Waals surface area contributed by atoms with Crippen LogP contribution in [0.15, 0.2) is 57.7 Å². The van der Waals surface area contributed by atoms with Crippen LogP contribution >= 0.6 is 11.3 Å². The third-order valence-electron chi connectivity index (χ3n) is 5.31. The molecule has 1 N–H and O–H groups in total. The molecule has 4 aromatic rings. The Labute approximate surface area is 189 Å². The summed E-state index contributed by atoms with van der Waals surface area (Å²) in [6.45, 7) is 1.33. The SMILES string of the molecule is O=C(O)C1CN(Cc2cc(-c3noc(-c4cc(-c5ccccc5)c(C(F)(F)F)s4)n3)co2)C1. The first-order valence-corrected chi connectivity index (χ1v) is 10.7. The number of carbonyl (C=O) groups is 1. The second-order valence-electron chi connectivity index (χ2n) is 7.67. The molecule has 170 valence electrons. The molecule has 0 atom stereocenters. The number of furan rings is 1. The number of aliphatic carboxylic acids is 1. The van der Waals surface area contributed by atoms with Crippen molar-refractivity contribution in [3.05, 3.63) is 59.4 Å². The Morgan fingerprint density at radius 3 is 2.64 bits per heavy atom. The lowest BCUT2D eigenvalue weighted by atomic mass is 10.0. The van der Waals surface area contributed by atoms with Crippen molar-refractivity contribution in [2.45, 2.75) is 12.7 Å². The molecule has 1 fully saturated rings. The van der Waals surface area contributed by atoms with Crippen LogP contribution in [-0.2, 0) is 17.5 Å². The molecule has 11 heteroatoms. The van der Waals surface area contributed by atoms with Gasteiger partial charge in [0.1, 0.15) is 16.9 Å². The number of rotatable bonds is 6. The average Bonchev–Trinajstić information content (AvgIpc) is 3.48. The van der Waals surface area contributed by atoms with Crippen molar-refractivity contribution in [1.82, 2.24) is 15.0 Å². The fraction of sp³-hybridized carbons (Fsp3) is 0.227. The zero-order chi connectivity index (χ0) is 23.2. The summed E-state index contributed by atoms with van der Waals surface area (Å²) in [5, 5.41) is 12.8. The largest absolute Gasteiger partial charge is 0.481 e. The number of hydrogen-bond donors (Lipinski definition) is 1. The van der Waals surface area contributed by atoms with Gasteiger partial charge in [-0.25, -0.2) is 0 Å². The first-order valence-electron chi connectivity index (χ1n) is 9.91. The molecule has 5 rings (SSSR count). The number of hydrogen-bond acceptors (Lipinski definition) is 7. The number of thiophene rings is 1. The number of likely N-dealkylation sites (tertiary alicyclic amines) is 1. The first kappa shape index (κ1) is 21.4. The Kier molecular flexibility index (Phi) is 5.29. The highest BCUT2D eigenvalue weighted by atomic mass is 32.1. The smallest absolute Gasteiger partial charge is 0.426 e. The molecule has 33 heavy (non-hydrogen) atoms. The van der Waals surface area contributed by atoms with Gasteiger partial charge in [0.2, 0.25) is 5.82 Å². The highest BCUT2D eigenvalue weighted by Gasteiger charge is 2.37. The van der Waals surface area contributed by atoms with Gasteiger partial charge >= 0.3 is 12.1 Å². The number of benzene rings is 1. The Hall–Kier alpha value is -3.44. The summed E-state index contributed by atoms with van der Waals surface area (Å²) in [5.74, 6) is -0.412. The minimum absolute atomic E-state index is 0.0162. The normalized spacial score (nSPS) is 15.0. The van der Waals surface area contributed by atoms with Crippen molar-refractivity contribution in [1.29, 1.82) is 0 Å². The van der Waals surface area contributed by atoms with Crippen LogP contribution < -0.4 is 0 Å². The molecule has 1 aromatic carbocycles. The molecule has 1 saturated heterocycles. The Morgan fingerprint density at radius 2 is 1.94 bits per heavy atom. The predicted octanol–water partition coefficient (Wildman–Crippen LogP) is 5.26. The summed E-state index contributed by atoms with van der Waals surface area (Å²) in [7, 11) is 0. The molecule has 0 radical (unpaired) electrons. The number of nitrogens with zero attached hydrogens (tertiary/aromatic N) is 3. The van der Waals surface area contributed by atoms with Gasteiger partial charge in [-0.15, -0.1) is 11.3 Å². The molecule has 0 aliphatic carbocycles. The number of alkyl halides is 3. The fourth-order valence-corrected chi connectivity index (χ4v) is 4.61. The van der Waals surface area contributed by atoms with Crippen LogP contribution in [0.1, 0.15) is 10.6 Å². The van der Waals surface area contributed by atoms with E-state index in [0.717, 1.165) is 0 Å². The summed E-state index contributed by atoms with van der Waals surface area (Å²) in [4.78, 5) is 16.6. The van der Waals surface area contributed by atoms with Crippen molar-refractivity contribution < 1.29 is 32.0 Å². The van der Waals surface area contributed by atoms with Crippen LogP contribution in [0.5, 0.6) is 0 Å². The second kappa shape index (κ2) is 8.16. The minimum Gasteiger partial charge on any atom is -0.481 e. The fourth-order valence-electron chi connectivity index (χ4n) is 3.64. The quantitative estimate of drug-likeness (QED) is 0.407. The highest BCUT2D eigenvalue weighted by molar-refractivity contribution is 7.16. The monoisotopic (exact) mass is 475 g/mol. The molecule has 1 aliphatic rings. The Balaban J connectivity index is 1.37. The van der Waals surface area contributed by atoms with E-state index in [-0.39, 0.29) is 28.1 Å². The summed E-state index contributed by atoms with van der Waals surface area (Å²) >= 11 is 0.550. The minimum atomic E-state index is -4.52. The van der Waals surface area contributed by atoms with E-state index in [9.17, 15) is 18.0 Å². The van der Waals surface area contributed by atoms with E-state index >= 15 is 0 Å². The zero-order valence-electron chi connectivity index (χ0n) is 16.9. The molecule has 7 nitrogen and oxygen atoms in total. The van der Waals surface area contributed by atoms with Crippen LogP contribution in [0, 0.1) is 5.92 Å². The number of carboxylic acids is 1. The topological polar surface area (TPSA) is 92.6 Å². The Morgan fingerprint density at radius 1 is 1.18 bits per heavy atom. The van der Waals surface area contributed by atoms with Gasteiger partial charge in [-0.3, -0.25) is 9.69 Å². The standard InChI is InChI=1S/C22H16F3N3O4S/c23-22(24,25)18-16(12-4-2-1-3-5-12)7-17(33-18)20-26-19(27-32-20)13-6-15(31-11-13)10-28-8-14(9-28)21(29)30/h1-7,11,14H,8-10H2,(H,29,30). The van der Waals surface area contributed by atoms with Gasteiger partial charge in [-0.2, -0.15) is 18.2 Å². The molecule has 0 unspecified atom stereocenters. The second-order valence-corrected chi connectivity index (χ2v) is 8.72. The lowest BCUT2D eigenvalue weighted by Gasteiger charge is -2.35. The Bertz CT molecular complexity index is 1290. The van der Waals surface area contributed by atoms with Gasteiger partial charge in [0.05, 0.1) is 22.9 Å². The van der Waals surface area contributed by atoms with Crippen molar-refractivity contribution in [3.63, 3.8) is 0 Å². The van der Waals surface area contributed by atoms with Gasteiger partial charge in [-0.1, -0.05) is 35.5 Å². The van der Waals surface area contributed by atoms with Gasteiger partial charge < -0.3 is 14.0 Å². The molecule has 0 bridgehead atoms. The van der Waals surface area contributed by atoms with E-state index in [1.807, 2.05) is 4.90 Å². The maximum absolute atomic E-state index is 13.6.